The summed E-state index contributed by atoms with van der Waals surface area (Å²) < 4.78 is 11.7. The molecule has 2 saturated heterocycles. The van der Waals surface area contributed by atoms with Crippen LogP contribution in [0.1, 0.15) is 64.4 Å². The van der Waals surface area contributed by atoms with Gasteiger partial charge in [-0.3, -0.25) is 9.59 Å². The molecule has 2 aliphatic carbocycles. The third-order valence-corrected chi connectivity index (χ3v) is 9.85. The molecule has 0 radical (unpaired) electrons. The predicted molar refractivity (Wildman–Crippen MR) is 119 cm³/mol. The van der Waals surface area contributed by atoms with Gasteiger partial charge in [-0.2, -0.15) is 0 Å². The van der Waals surface area contributed by atoms with Crippen molar-refractivity contribution in [2.75, 3.05) is 0 Å². The van der Waals surface area contributed by atoms with Gasteiger partial charge >= 0.3 is 5.97 Å². The Morgan fingerprint density at radius 2 is 1.89 bits per heavy atom. The number of carbonyl (C=O) groups is 3. The molecule has 4 fully saturated rings. The highest BCUT2D eigenvalue weighted by Gasteiger charge is 2.92. The summed E-state index contributed by atoms with van der Waals surface area (Å²) in [5.74, 6) is -6.48. The lowest BCUT2D eigenvalue weighted by atomic mass is 9.48. The van der Waals surface area contributed by atoms with Crippen LogP contribution in [0.5, 0.6) is 0 Å². The summed E-state index contributed by atoms with van der Waals surface area (Å²) in [5, 5.41) is 47.8. The molecule has 9 atom stereocenters. The maximum Gasteiger partial charge on any atom is 0.355 e. The van der Waals surface area contributed by atoms with Gasteiger partial charge in [0, 0.05) is 12.6 Å². The van der Waals surface area contributed by atoms with Gasteiger partial charge in [-0.15, -0.1) is 0 Å². The molecule has 5 rings (SSSR count). The Balaban J connectivity index is 1.81. The zero-order valence-corrected chi connectivity index (χ0v) is 20.5. The van der Waals surface area contributed by atoms with E-state index in [-0.39, 0.29) is 18.5 Å². The van der Waals surface area contributed by atoms with E-state index in [4.69, 9.17) is 9.47 Å². The Hall–Kier alpha value is -2.11. The lowest BCUT2D eigenvalue weighted by Crippen LogP contribution is -2.80. The van der Waals surface area contributed by atoms with Gasteiger partial charge in [0.05, 0.1) is 11.5 Å². The van der Waals surface area contributed by atoms with Crippen LogP contribution in [-0.4, -0.2) is 77.7 Å². The molecule has 3 bridgehead atoms. The molecule has 3 unspecified atom stereocenters. The molecule has 3 heterocycles. The van der Waals surface area contributed by atoms with Gasteiger partial charge in [0.15, 0.2) is 29.1 Å². The van der Waals surface area contributed by atoms with E-state index in [9.17, 15) is 34.8 Å². The van der Waals surface area contributed by atoms with Gasteiger partial charge in [0.2, 0.25) is 0 Å². The molecule has 5 N–H and O–H groups in total. The second kappa shape index (κ2) is 6.80. The smallest absolute Gasteiger partial charge is 0.355 e. The van der Waals surface area contributed by atoms with Gasteiger partial charge < -0.3 is 34.9 Å². The molecule has 192 valence electrons. The van der Waals surface area contributed by atoms with Gasteiger partial charge in [0.1, 0.15) is 22.3 Å². The molecule has 4 aliphatic rings. The standard InChI is InChI=1S/C25H33NO9/c1-12(2)24(33)17(34-18(29)14-7-6-10-26-14)16(28)20(4)11-23(32)21(24,5)19(30)25(35-23)15(27)13(3)8-9-22(20,25)31/h6-7,10,12-13,15,17,26-27,31-33H,8-9,11H2,1-5H3/t13?,15?,17?,20-,21+,22+,23+,24-,25+/m1/s1. The van der Waals surface area contributed by atoms with E-state index in [2.05, 4.69) is 4.98 Å². The van der Waals surface area contributed by atoms with Crippen molar-refractivity contribution in [1.29, 1.82) is 0 Å². The first-order chi connectivity index (χ1) is 16.1. The number of hydrogen-bond donors (Lipinski definition) is 5. The maximum absolute atomic E-state index is 14.4. The Morgan fingerprint density at radius 3 is 2.46 bits per heavy atom. The predicted octanol–water partition coefficient (Wildman–Crippen LogP) is 0.475. The van der Waals surface area contributed by atoms with Crippen LogP contribution in [0.4, 0.5) is 0 Å². The van der Waals surface area contributed by atoms with E-state index in [0.717, 1.165) is 0 Å². The van der Waals surface area contributed by atoms with E-state index < -0.39 is 81.4 Å². The molecular formula is C25H33NO9. The number of fused-ring (bicyclic) bond motifs is 2. The molecule has 0 amide bonds. The zero-order chi connectivity index (χ0) is 26.0. The molecule has 35 heavy (non-hydrogen) atoms. The maximum atomic E-state index is 14.4. The highest BCUT2D eigenvalue weighted by molar-refractivity contribution is 6.06. The second-order valence-corrected chi connectivity index (χ2v) is 11.6. The first-order valence-electron chi connectivity index (χ1n) is 12.1. The number of aliphatic hydroxyl groups is 4. The van der Waals surface area contributed by atoms with E-state index >= 15 is 0 Å². The Bertz CT molecular complexity index is 1120. The first kappa shape index (κ1) is 24.6. The normalized spacial score (nSPS) is 50.9. The highest BCUT2D eigenvalue weighted by atomic mass is 16.7. The van der Waals surface area contributed by atoms with Gasteiger partial charge in [0.25, 0.3) is 0 Å². The minimum Gasteiger partial charge on any atom is -0.446 e. The van der Waals surface area contributed by atoms with Crippen LogP contribution in [0.25, 0.3) is 0 Å². The number of ether oxygens (including phenoxy) is 2. The molecule has 1 spiro atoms. The van der Waals surface area contributed by atoms with Crippen molar-refractivity contribution in [3.05, 3.63) is 24.0 Å². The summed E-state index contributed by atoms with van der Waals surface area (Å²) in [6, 6.07) is 2.99. The van der Waals surface area contributed by atoms with Crippen molar-refractivity contribution in [3.8, 4) is 0 Å². The fourth-order valence-electron chi connectivity index (χ4n) is 7.57. The quantitative estimate of drug-likeness (QED) is 0.378. The van der Waals surface area contributed by atoms with Crippen molar-refractivity contribution >= 4 is 17.5 Å². The largest absolute Gasteiger partial charge is 0.446 e. The Morgan fingerprint density at radius 1 is 1.23 bits per heavy atom. The number of aliphatic hydroxyl groups excluding tert-OH is 1. The Labute approximate surface area is 202 Å². The third kappa shape index (κ3) is 2.32. The monoisotopic (exact) mass is 491 g/mol. The summed E-state index contributed by atoms with van der Waals surface area (Å²) in [6.45, 7) is 7.45. The number of carbonyl (C=O) groups excluding carboxylic acids is 3. The third-order valence-electron chi connectivity index (χ3n) is 9.85. The van der Waals surface area contributed by atoms with Crippen LogP contribution >= 0.6 is 0 Å². The summed E-state index contributed by atoms with van der Waals surface area (Å²) in [5.41, 5.74) is -11.1. The van der Waals surface area contributed by atoms with Crippen LogP contribution in [0.3, 0.4) is 0 Å². The number of H-pyrrole nitrogens is 1. The van der Waals surface area contributed by atoms with E-state index in [1.54, 1.807) is 26.8 Å². The van der Waals surface area contributed by atoms with E-state index in [1.807, 2.05) is 0 Å². The molecule has 1 aromatic heterocycles. The number of Topliss-reactive ketones (excluding diaryl/α,β-unsaturated/α-hetero) is 2. The highest BCUT2D eigenvalue weighted by Crippen LogP contribution is 2.73. The summed E-state index contributed by atoms with van der Waals surface area (Å²) in [7, 11) is 0. The lowest BCUT2D eigenvalue weighted by Gasteiger charge is -2.61. The average molecular weight is 492 g/mol. The molecule has 10 heteroatoms. The number of hydrogen-bond acceptors (Lipinski definition) is 9. The molecular weight excluding hydrogens is 458 g/mol. The van der Waals surface area contributed by atoms with Crippen LogP contribution in [-0.2, 0) is 19.1 Å². The minimum absolute atomic E-state index is 0.0244. The van der Waals surface area contributed by atoms with Crippen molar-refractivity contribution < 1.29 is 44.3 Å². The number of rotatable bonds is 3. The van der Waals surface area contributed by atoms with E-state index in [1.165, 1.54) is 26.1 Å². The van der Waals surface area contributed by atoms with Crippen molar-refractivity contribution in [2.24, 2.45) is 22.7 Å². The number of ketones is 2. The number of aromatic nitrogens is 1. The fourth-order valence-corrected chi connectivity index (χ4v) is 7.57. The zero-order valence-electron chi connectivity index (χ0n) is 20.5. The summed E-state index contributed by atoms with van der Waals surface area (Å²) in [6.07, 6.45) is -2.26. The SMILES string of the molecule is CC1CC[C@@]2(O)[C@]3(O[C@@]4(O)C[C@]2(C)C(=O)C(OC(=O)c2ccc[nH]2)[C@](O)(C(C)C)[C@@]4(C)C3=O)C1O. The lowest BCUT2D eigenvalue weighted by molar-refractivity contribution is -0.383. The molecule has 1 aromatic rings. The van der Waals surface area contributed by atoms with Crippen molar-refractivity contribution in [1.82, 2.24) is 4.98 Å². The first-order valence-corrected chi connectivity index (χ1v) is 12.1. The summed E-state index contributed by atoms with van der Waals surface area (Å²) >= 11 is 0. The fraction of sp³-hybridized carbons (Fsp3) is 0.720. The minimum atomic E-state index is -2.43. The van der Waals surface area contributed by atoms with Crippen molar-refractivity contribution in [2.45, 2.75) is 88.7 Å². The second-order valence-electron chi connectivity index (χ2n) is 11.6. The van der Waals surface area contributed by atoms with E-state index in [0.29, 0.717) is 0 Å². The van der Waals surface area contributed by atoms with Crippen LogP contribution in [0, 0.1) is 22.7 Å². The van der Waals surface area contributed by atoms with Crippen LogP contribution in [0.2, 0.25) is 0 Å². The summed E-state index contributed by atoms with van der Waals surface area (Å²) in [4.78, 5) is 44.5. The average Bonchev–Trinajstić information content (AvgIpc) is 3.38. The van der Waals surface area contributed by atoms with Gasteiger partial charge in [-0.1, -0.05) is 20.8 Å². The van der Waals surface area contributed by atoms with Gasteiger partial charge in [-0.25, -0.2) is 4.79 Å². The molecule has 2 aliphatic heterocycles. The number of esters is 1. The molecule has 10 nitrogen and oxygen atoms in total. The van der Waals surface area contributed by atoms with Crippen molar-refractivity contribution in [3.63, 3.8) is 0 Å². The topological polar surface area (TPSA) is 166 Å². The number of nitrogens with one attached hydrogen (secondary N) is 1. The Kier molecular flexibility index (Phi) is 4.78. The van der Waals surface area contributed by atoms with Gasteiger partial charge in [-0.05, 0) is 50.7 Å². The number of aromatic amines is 1. The van der Waals surface area contributed by atoms with Crippen LogP contribution in [0.15, 0.2) is 18.3 Å². The van der Waals surface area contributed by atoms with Crippen LogP contribution < -0.4 is 0 Å². The molecule has 2 saturated carbocycles. The molecule has 0 aromatic carbocycles.